The second-order valence-electron chi connectivity index (χ2n) is 7.92. The molecule has 34 heavy (non-hydrogen) atoms. The smallest absolute Gasteiger partial charge is 0.263 e. The zero-order valence-electron chi connectivity index (χ0n) is 18.9. The highest BCUT2D eigenvalue weighted by atomic mass is 19.1. The molecular formula is C26H25FN4O3. The molecule has 0 fully saturated rings. The third-order valence-corrected chi connectivity index (χ3v) is 5.57. The molecular weight excluding hydrogens is 435 g/mol. The van der Waals surface area contributed by atoms with E-state index in [0.717, 1.165) is 17.7 Å². The second-order valence-corrected chi connectivity index (χ2v) is 7.92. The van der Waals surface area contributed by atoms with Crippen molar-refractivity contribution in [3.05, 3.63) is 87.7 Å². The second kappa shape index (κ2) is 9.74. The fourth-order valence-electron chi connectivity index (χ4n) is 3.74. The van der Waals surface area contributed by atoms with Crippen LogP contribution in [-0.2, 0) is 6.61 Å². The van der Waals surface area contributed by atoms with Crippen molar-refractivity contribution < 1.29 is 13.9 Å². The van der Waals surface area contributed by atoms with Gasteiger partial charge in [-0.3, -0.25) is 14.6 Å². The summed E-state index contributed by atoms with van der Waals surface area (Å²) in [6.45, 7) is 4.50. The van der Waals surface area contributed by atoms with E-state index in [4.69, 9.17) is 10.5 Å². The maximum atomic E-state index is 14.9. The van der Waals surface area contributed by atoms with E-state index >= 15 is 0 Å². The average molecular weight is 461 g/mol. The normalized spacial score (nSPS) is 10.9. The van der Waals surface area contributed by atoms with Gasteiger partial charge in [0.2, 0.25) is 0 Å². The van der Waals surface area contributed by atoms with E-state index in [0.29, 0.717) is 28.8 Å². The number of ether oxygens (including phenoxy) is 1. The highest BCUT2D eigenvalue weighted by Crippen LogP contribution is 2.34. The van der Waals surface area contributed by atoms with Crippen LogP contribution in [0.15, 0.2) is 59.5 Å². The van der Waals surface area contributed by atoms with Crippen LogP contribution in [0.3, 0.4) is 0 Å². The van der Waals surface area contributed by atoms with Gasteiger partial charge >= 0.3 is 0 Å². The van der Waals surface area contributed by atoms with Gasteiger partial charge in [-0.25, -0.2) is 4.39 Å². The van der Waals surface area contributed by atoms with Crippen LogP contribution in [0, 0.1) is 12.7 Å². The minimum atomic E-state index is -0.635. The van der Waals surface area contributed by atoms with Crippen LogP contribution in [0.5, 0.6) is 5.75 Å². The van der Waals surface area contributed by atoms with Crippen molar-refractivity contribution in [3.8, 4) is 16.9 Å². The number of anilines is 1. The molecule has 0 unspecified atom stereocenters. The summed E-state index contributed by atoms with van der Waals surface area (Å²) in [7, 11) is 0. The monoisotopic (exact) mass is 460 g/mol. The minimum absolute atomic E-state index is 0.0487. The molecule has 7 nitrogen and oxygen atoms in total. The molecule has 2 heterocycles. The van der Waals surface area contributed by atoms with Crippen LogP contribution in [0.25, 0.3) is 22.0 Å². The van der Waals surface area contributed by atoms with Crippen LogP contribution in [0.4, 0.5) is 10.1 Å². The molecule has 174 valence electrons. The number of fused-ring (bicyclic) bond motifs is 1. The molecule has 0 saturated heterocycles. The van der Waals surface area contributed by atoms with Gasteiger partial charge in [-0.1, -0.05) is 31.2 Å². The number of nitrogens with zero attached hydrogens (tertiary/aromatic N) is 1. The number of aromatic nitrogens is 2. The van der Waals surface area contributed by atoms with Gasteiger partial charge in [-0.2, -0.15) is 0 Å². The van der Waals surface area contributed by atoms with Crippen LogP contribution < -0.4 is 21.3 Å². The first-order valence-electron chi connectivity index (χ1n) is 11.0. The first-order valence-corrected chi connectivity index (χ1v) is 11.0. The van der Waals surface area contributed by atoms with E-state index in [1.807, 2.05) is 26.0 Å². The molecule has 0 spiro atoms. The fraction of sp³-hybridized carbons (Fsp3) is 0.192. The highest BCUT2D eigenvalue weighted by molar-refractivity contribution is 6.09. The van der Waals surface area contributed by atoms with E-state index in [2.05, 4.69) is 15.3 Å². The van der Waals surface area contributed by atoms with Gasteiger partial charge in [0.15, 0.2) is 0 Å². The number of benzene rings is 2. The molecule has 0 saturated carbocycles. The fourth-order valence-corrected chi connectivity index (χ4v) is 3.74. The zero-order valence-corrected chi connectivity index (χ0v) is 18.9. The van der Waals surface area contributed by atoms with Crippen molar-refractivity contribution in [1.82, 2.24) is 15.3 Å². The lowest BCUT2D eigenvalue weighted by Gasteiger charge is -2.14. The Bertz CT molecular complexity index is 1430. The molecule has 0 bridgehead atoms. The van der Waals surface area contributed by atoms with Crippen LogP contribution in [0.2, 0.25) is 0 Å². The van der Waals surface area contributed by atoms with Gasteiger partial charge in [0.05, 0.1) is 16.9 Å². The number of nitrogen functional groups attached to an aromatic ring is 1. The molecule has 4 aromatic rings. The number of nitrogens with two attached hydrogens (primary N) is 1. The Labute approximate surface area is 195 Å². The number of carbonyl (C=O) groups excluding carboxylic acids is 1. The Hall–Kier alpha value is -4.20. The number of para-hydroxylation sites is 1. The van der Waals surface area contributed by atoms with Gasteiger partial charge in [0.25, 0.3) is 11.5 Å². The lowest BCUT2D eigenvalue weighted by molar-refractivity contribution is 0.0953. The maximum absolute atomic E-state index is 14.9. The Morgan fingerprint density at radius 3 is 2.76 bits per heavy atom. The quantitative estimate of drug-likeness (QED) is 0.380. The van der Waals surface area contributed by atoms with Crippen molar-refractivity contribution in [1.29, 1.82) is 0 Å². The number of aryl methyl sites for hydroxylation is 1. The van der Waals surface area contributed by atoms with Gasteiger partial charge in [-0.15, -0.1) is 0 Å². The average Bonchev–Trinajstić information content (AvgIpc) is 2.83. The molecule has 0 aliphatic carbocycles. The van der Waals surface area contributed by atoms with Crippen molar-refractivity contribution in [2.45, 2.75) is 26.9 Å². The number of hydrogen-bond acceptors (Lipinski definition) is 5. The summed E-state index contributed by atoms with van der Waals surface area (Å²) in [5.74, 6) is -0.582. The maximum Gasteiger partial charge on any atom is 0.263 e. The summed E-state index contributed by atoms with van der Waals surface area (Å²) in [5.41, 5.74) is 8.27. The third-order valence-electron chi connectivity index (χ3n) is 5.57. The third kappa shape index (κ3) is 4.47. The van der Waals surface area contributed by atoms with E-state index in [9.17, 15) is 14.0 Å². The van der Waals surface area contributed by atoms with Gasteiger partial charge < -0.3 is 20.8 Å². The molecule has 0 radical (unpaired) electrons. The highest BCUT2D eigenvalue weighted by Gasteiger charge is 2.20. The molecule has 1 amide bonds. The van der Waals surface area contributed by atoms with E-state index < -0.39 is 17.3 Å². The molecule has 0 atom stereocenters. The van der Waals surface area contributed by atoms with Crippen LogP contribution >= 0.6 is 0 Å². The molecule has 0 aliphatic rings. The predicted octanol–water partition coefficient (Wildman–Crippen LogP) is 4.34. The number of amides is 1. The van der Waals surface area contributed by atoms with Crippen molar-refractivity contribution >= 4 is 22.5 Å². The number of pyridine rings is 2. The van der Waals surface area contributed by atoms with Gasteiger partial charge in [-0.05, 0) is 43.2 Å². The number of nitrogens with one attached hydrogen (secondary N) is 2. The number of aromatic amines is 1. The van der Waals surface area contributed by atoms with Crippen molar-refractivity contribution in [3.63, 3.8) is 0 Å². The Morgan fingerprint density at radius 1 is 1.18 bits per heavy atom. The predicted molar refractivity (Wildman–Crippen MR) is 130 cm³/mol. The largest absolute Gasteiger partial charge is 0.487 e. The Morgan fingerprint density at radius 2 is 2.00 bits per heavy atom. The minimum Gasteiger partial charge on any atom is -0.487 e. The number of halogens is 1. The number of H-pyrrole nitrogens is 1. The van der Waals surface area contributed by atoms with Gasteiger partial charge in [0, 0.05) is 29.3 Å². The van der Waals surface area contributed by atoms with E-state index in [1.54, 1.807) is 30.5 Å². The standard InChI is InChI=1S/C26H25FN4O3/c1-3-11-30-25(32)22-23(28)18-8-4-7-17(24(18)31-26(22)33)19-13-16(9-10-20(19)27)34-14-21-15(2)6-5-12-29-21/h4-10,12-13H,3,11,14H2,1-2H3,(H,30,32)(H3,28,31,33). The van der Waals surface area contributed by atoms with Crippen molar-refractivity contribution in [2.75, 3.05) is 12.3 Å². The SMILES string of the molecule is CCCNC(=O)c1c(N)c2cccc(-c3cc(OCc4ncccc4C)ccc3F)c2[nH]c1=O. The first-order chi connectivity index (χ1) is 16.4. The molecule has 4 N–H and O–H groups in total. The summed E-state index contributed by atoms with van der Waals surface area (Å²) in [4.78, 5) is 32.3. The van der Waals surface area contributed by atoms with E-state index in [1.165, 1.54) is 12.1 Å². The summed E-state index contributed by atoms with van der Waals surface area (Å²) >= 11 is 0. The molecule has 8 heteroatoms. The summed E-state index contributed by atoms with van der Waals surface area (Å²) in [6, 6.07) is 13.3. The van der Waals surface area contributed by atoms with Crippen LogP contribution in [-0.4, -0.2) is 22.4 Å². The van der Waals surface area contributed by atoms with Gasteiger partial charge in [0.1, 0.15) is 23.7 Å². The number of hydrogen-bond donors (Lipinski definition) is 3. The first kappa shape index (κ1) is 23.0. The summed E-state index contributed by atoms with van der Waals surface area (Å²) < 4.78 is 20.8. The lowest BCUT2D eigenvalue weighted by atomic mass is 9.99. The molecule has 0 aliphatic heterocycles. The summed E-state index contributed by atoms with van der Waals surface area (Å²) in [6.07, 6.45) is 2.41. The Kier molecular flexibility index (Phi) is 6.58. The molecule has 2 aromatic heterocycles. The Balaban J connectivity index is 1.75. The van der Waals surface area contributed by atoms with E-state index in [-0.39, 0.29) is 23.4 Å². The molecule has 2 aromatic carbocycles. The summed E-state index contributed by atoms with van der Waals surface area (Å²) in [5, 5.41) is 3.12. The zero-order chi connectivity index (χ0) is 24.2. The van der Waals surface area contributed by atoms with Crippen molar-refractivity contribution in [2.24, 2.45) is 0 Å². The molecule has 4 rings (SSSR count). The topological polar surface area (TPSA) is 110 Å². The number of rotatable bonds is 7. The van der Waals surface area contributed by atoms with Crippen LogP contribution in [0.1, 0.15) is 35.0 Å². The lowest BCUT2D eigenvalue weighted by Crippen LogP contribution is -2.31. The number of carbonyl (C=O) groups is 1.